The van der Waals surface area contributed by atoms with Crippen LogP contribution in [0, 0.1) is 11.8 Å². The van der Waals surface area contributed by atoms with Gasteiger partial charge in [0.15, 0.2) is 0 Å². The fourth-order valence-electron chi connectivity index (χ4n) is 4.82. The molecular weight excluding hydrogens is 480 g/mol. The van der Waals surface area contributed by atoms with Gasteiger partial charge in [-0.2, -0.15) is 0 Å². The molecule has 2 aromatic carbocycles. The first-order valence-electron chi connectivity index (χ1n) is 13.2. The van der Waals surface area contributed by atoms with Gasteiger partial charge in [-0.15, -0.1) is 0 Å². The predicted octanol–water partition coefficient (Wildman–Crippen LogP) is 2.41. The van der Waals surface area contributed by atoms with Crippen LogP contribution in [0.2, 0.25) is 0 Å². The molecular formula is C30H34N4O4. The lowest BCUT2D eigenvalue weighted by Gasteiger charge is -2.26. The number of hydrogen-bond donors (Lipinski definition) is 3. The highest BCUT2D eigenvalue weighted by molar-refractivity contribution is 5.44. The summed E-state index contributed by atoms with van der Waals surface area (Å²) in [6.07, 6.45) is 2.75. The fourth-order valence-corrected chi connectivity index (χ4v) is 4.82. The molecule has 0 amide bonds. The van der Waals surface area contributed by atoms with Gasteiger partial charge in [0.1, 0.15) is 0 Å². The molecule has 3 aromatic rings. The van der Waals surface area contributed by atoms with E-state index >= 15 is 0 Å². The number of benzene rings is 2. The fraction of sp³-hybridized carbons (Fsp3) is 0.400. The van der Waals surface area contributed by atoms with E-state index in [4.69, 9.17) is 9.47 Å². The minimum Gasteiger partial charge on any atom is -0.502 e. The summed E-state index contributed by atoms with van der Waals surface area (Å²) >= 11 is 0. The maximum absolute atomic E-state index is 11.9. The molecule has 0 saturated carbocycles. The average Bonchev–Trinajstić information content (AvgIpc) is 3.48. The van der Waals surface area contributed by atoms with Gasteiger partial charge in [0.2, 0.25) is 5.75 Å². The number of H-pyrrole nitrogens is 1. The van der Waals surface area contributed by atoms with Crippen LogP contribution in [-0.2, 0) is 22.4 Å². The quantitative estimate of drug-likeness (QED) is 0.397. The number of ether oxygens (including phenoxy) is 2. The predicted molar refractivity (Wildman–Crippen MR) is 145 cm³/mol. The van der Waals surface area contributed by atoms with Gasteiger partial charge in [-0.3, -0.25) is 9.69 Å². The third kappa shape index (κ3) is 7.09. The highest BCUT2D eigenvalue weighted by atomic mass is 16.5. The van der Waals surface area contributed by atoms with Crippen LogP contribution in [0.15, 0.2) is 59.7 Å². The van der Waals surface area contributed by atoms with Crippen molar-refractivity contribution in [1.29, 1.82) is 0 Å². The van der Waals surface area contributed by atoms with Crippen LogP contribution >= 0.6 is 0 Å². The largest absolute Gasteiger partial charge is 0.502 e. The molecule has 3 heterocycles. The van der Waals surface area contributed by atoms with Gasteiger partial charge in [0.25, 0.3) is 5.56 Å². The second-order valence-corrected chi connectivity index (χ2v) is 9.85. The van der Waals surface area contributed by atoms with Crippen molar-refractivity contribution in [3.8, 4) is 17.6 Å². The Morgan fingerprint density at radius 2 is 1.74 bits per heavy atom. The molecule has 5 rings (SSSR count). The first-order valence-corrected chi connectivity index (χ1v) is 13.2. The molecule has 0 radical (unpaired) electrons. The molecule has 8 nitrogen and oxygen atoms in total. The zero-order valence-electron chi connectivity index (χ0n) is 21.5. The van der Waals surface area contributed by atoms with E-state index in [1.54, 1.807) is 0 Å². The molecule has 2 aliphatic rings. The molecule has 0 spiro atoms. The van der Waals surface area contributed by atoms with Crippen molar-refractivity contribution < 1.29 is 14.6 Å². The lowest BCUT2D eigenvalue weighted by molar-refractivity contribution is 0.0342. The minimum atomic E-state index is -0.523. The zero-order valence-corrected chi connectivity index (χ0v) is 21.5. The molecule has 0 aliphatic carbocycles. The summed E-state index contributed by atoms with van der Waals surface area (Å²) < 4.78 is 10.9. The molecule has 3 N–H and O–H groups in total. The summed E-state index contributed by atoms with van der Waals surface area (Å²) in [6, 6.07) is 16.9. The van der Waals surface area contributed by atoms with E-state index in [0.717, 1.165) is 62.6 Å². The van der Waals surface area contributed by atoms with E-state index in [1.165, 1.54) is 11.9 Å². The van der Waals surface area contributed by atoms with Crippen LogP contribution in [0.3, 0.4) is 0 Å². The molecule has 8 heteroatoms. The summed E-state index contributed by atoms with van der Waals surface area (Å²) in [5, 5.41) is 13.8. The number of aromatic amines is 1. The van der Waals surface area contributed by atoms with Gasteiger partial charge in [-0.05, 0) is 41.8 Å². The Balaban J connectivity index is 1.25. The van der Waals surface area contributed by atoms with Gasteiger partial charge in [-0.25, -0.2) is 4.98 Å². The van der Waals surface area contributed by atoms with Crippen molar-refractivity contribution in [3.63, 3.8) is 0 Å². The summed E-state index contributed by atoms with van der Waals surface area (Å²) in [5.74, 6) is 6.23. The maximum atomic E-state index is 11.9. The smallest absolute Gasteiger partial charge is 0.293 e. The topological polar surface area (TPSA) is 99.7 Å². The molecule has 1 aromatic heterocycles. The van der Waals surface area contributed by atoms with E-state index in [-0.39, 0.29) is 11.7 Å². The molecule has 2 aliphatic heterocycles. The SMILES string of the molecule is O=c1[nH]cnc(CC(CNC2CCOC2)c2ccc(C#Cc3ccc(CN4CCOCC4)cc3)cc2)c1O. The van der Waals surface area contributed by atoms with E-state index in [2.05, 4.69) is 68.4 Å². The van der Waals surface area contributed by atoms with Crippen molar-refractivity contribution in [1.82, 2.24) is 20.2 Å². The zero-order chi connectivity index (χ0) is 26.2. The van der Waals surface area contributed by atoms with Crippen molar-refractivity contribution >= 4 is 0 Å². The van der Waals surface area contributed by atoms with Crippen LogP contribution in [0.1, 0.15) is 40.3 Å². The highest BCUT2D eigenvalue weighted by Gasteiger charge is 2.21. The Hall–Kier alpha value is -3.48. The van der Waals surface area contributed by atoms with Crippen LogP contribution in [0.25, 0.3) is 0 Å². The number of hydrogen-bond acceptors (Lipinski definition) is 7. The lowest BCUT2D eigenvalue weighted by Crippen LogP contribution is -2.35. The van der Waals surface area contributed by atoms with Crippen LogP contribution < -0.4 is 10.9 Å². The standard InChI is InChI=1S/C30H34N4O4/c35-29-28(32-21-33-30(29)36)17-26(18-31-27-11-14-38-20-27)25-9-7-23(8-10-25)2-1-22-3-5-24(6-4-22)19-34-12-15-37-16-13-34/h3-10,21,26-27,31,35H,11-20H2,(H,32,33,36). The first-order chi connectivity index (χ1) is 18.6. The molecule has 2 atom stereocenters. The van der Waals surface area contributed by atoms with Gasteiger partial charge in [0.05, 0.1) is 31.8 Å². The Kier molecular flexibility index (Phi) is 8.84. The van der Waals surface area contributed by atoms with Crippen molar-refractivity contribution in [2.45, 2.75) is 31.3 Å². The van der Waals surface area contributed by atoms with Crippen molar-refractivity contribution in [2.75, 3.05) is 46.1 Å². The normalized spacial score (nSPS) is 18.6. The second-order valence-electron chi connectivity index (χ2n) is 9.85. The third-order valence-corrected chi connectivity index (χ3v) is 7.12. The highest BCUT2D eigenvalue weighted by Crippen LogP contribution is 2.23. The third-order valence-electron chi connectivity index (χ3n) is 7.12. The molecule has 198 valence electrons. The molecule has 0 bridgehead atoms. The molecule has 38 heavy (non-hydrogen) atoms. The molecule has 2 unspecified atom stereocenters. The Morgan fingerprint density at radius 3 is 2.42 bits per heavy atom. The van der Waals surface area contributed by atoms with Crippen molar-refractivity contribution in [2.24, 2.45) is 0 Å². The van der Waals surface area contributed by atoms with E-state index in [9.17, 15) is 9.90 Å². The van der Waals surface area contributed by atoms with Gasteiger partial charge < -0.3 is 24.9 Å². The van der Waals surface area contributed by atoms with Crippen LogP contribution in [0.4, 0.5) is 0 Å². The Morgan fingerprint density at radius 1 is 1.03 bits per heavy atom. The monoisotopic (exact) mass is 514 g/mol. The van der Waals surface area contributed by atoms with Crippen LogP contribution in [0.5, 0.6) is 5.75 Å². The Labute approximate surface area is 223 Å². The summed E-state index contributed by atoms with van der Waals surface area (Å²) in [7, 11) is 0. The molecule has 2 saturated heterocycles. The summed E-state index contributed by atoms with van der Waals surface area (Å²) in [6.45, 7) is 6.65. The maximum Gasteiger partial charge on any atom is 0.293 e. The number of nitrogens with one attached hydrogen (secondary N) is 2. The average molecular weight is 515 g/mol. The summed E-state index contributed by atoms with van der Waals surface area (Å²) in [4.78, 5) is 20.9. The summed E-state index contributed by atoms with van der Waals surface area (Å²) in [5.41, 5.74) is 4.16. The number of nitrogens with zero attached hydrogens (tertiary/aromatic N) is 2. The molecule has 2 fully saturated rings. The number of morpholine rings is 1. The minimum absolute atomic E-state index is 0.0248. The van der Waals surface area contributed by atoms with Gasteiger partial charge in [0, 0.05) is 62.3 Å². The first kappa shape index (κ1) is 26.1. The van der Waals surface area contributed by atoms with Gasteiger partial charge >= 0.3 is 0 Å². The number of rotatable bonds is 8. The Bertz CT molecular complexity index is 1300. The van der Waals surface area contributed by atoms with E-state index in [0.29, 0.717) is 31.3 Å². The van der Waals surface area contributed by atoms with Gasteiger partial charge in [-0.1, -0.05) is 36.1 Å². The van der Waals surface area contributed by atoms with Crippen LogP contribution in [-0.4, -0.2) is 72.1 Å². The second kappa shape index (κ2) is 12.9. The van der Waals surface area contributed by atoms with Crippen molar-refractivity contribution in [3.05, 3.63) is 93.2 Å². The van der Waals surface area contributed by atoms with E-state index < -0.39 is 5.56 Å². The number of aromatic nitrogens is 2. The lowest BCUT2D eigenvalue weighted by atomic mass is 9.92. The van der Waals surface area contributed by atoms with E-state index in [1.807, 2.05) is 12.1 Å². The number of aromatic hydroxyl groups is 1.